The van der Waals surface area contributed by atoms with Crippen LogP contribution in [0.4, 0.5) is 8.78 Å². The van der Waals surface area contributed by atoms with Crippen LogP contribution in [-0.2, 0) is 6.42 Å². The number of hydrogen-bond donors (Lipinski definition) is 1. The smallest absolute Gasteiger partial charge is 0.250 e. The van der Waals surface area contributed by atoms with Crippen LogP contribution in [0.2, 0.25) is 0 Å². The van der Waals surface area contributed by atoms with Crippen LogP contribution >= 0.6 is 0 Å². The zero-order chi connectivity index (χ0) is 9.52. The molecule has 0 saturated carbocycles. The summed E-state index contributed by atoms with van der Waals surface area (Å²) in [6.07, 6.45) is 1.90. The molecule has 0 radical (unpaired) electrons. The van der Waals surface area contributed by atoms with E-state index >= 15 is 0 Å². The van der Waals surface area contributed by atoms with Gasteiger partial charge in [-0.2, -0.15) is 0 Å². The highest BCUT2D eigenvalue weighted by Gasteiger charge is 1.99. The number of aromatic nitrogens is 1. The molecule has 1 aromatic rings. The fourth-order valence-electron chi connectivity index (χ4n) is 0.990. The lowest BCUT2D eigenvalue weighted by atomic mass is 10.2. The molecule has 2 nitrogen and oxygen atoms in total. The molecule has 4 heteroatoms. The first-order chi connectivity index (χ1) is 6.29. The standard InChI is InChI=1S/C9H12F2N2/c10-9(11)7-13-5-3-8-2-1-4-12-6-8/h1-2,4,6,9,13H,3,5,7H2. The van der Waals surface area contributed by atoms with Gasteiger partial charge in [0.1, 0.15) is 0 Å². The third-order valence-electron chi connectivity index (χ3n) is 1.61. The quantitative estimate of drug-likeness (QED) is 0.704. The van der Waals surface area contributed by atoms with Gasteiger partial charge < -0.3 is 5.32 Å². The van der Waals surface area contributed by atoms with Gasteiger partial charge in [0.2, 0.25) is 0 Å². The molecule has 0 saturated heterocycles. The maximum absolute atomic E-state index is 11.7. The van der Waals surface area contributed by atoms with Crippen LogP contribution in [0.3, 0.4) is 0 Å². The topological polar surface area (TPSA) is 24.9 Å². The lowest BCUT2D eigenvalue weighted by molar-refractivity contribution is 0.146. The van der Waals surface area contributed by atoms with Crippen molar-refractivity contribution in [1.29, 1.82) is 0 Å². The molecular formula is C9H12F2N2. The van der Waals surface area contributed by atoms with E-state index in [1.54, 1.807) is 12.4 Å². The van der Waals surface area contributed by atoms with Crippen LogP contribution in [0, 0.1) is 0 Å². The largest absolute Gasteiger partial charge is 0.311 e. The van der Waals surface area contributed by atoms with Gasteiger partial charge in [-0.05, 0) is 24.6 Å². The van der Waals surface area contributed by atoms with E-state index in [1.165, 1.54) is 0 Å². The first kappa shape index (κ1) is 10.1. The van der Waals surface area contributed by atoms with Crippen molar-refractivity contribution in [3.8, 4) is 0 Å². The van der Waals surface area contributed by atoms with Crippen LogP contribution in [0.5, 0.6) is 0 Å². The van der Waals surface area contributed by atoms with E-state index < -0.39 is 6.43 Å². The summed E-state index contributed by atoms with van der Waals surface area (Å²) < 4.78 is 23.4. The predicted octanol–water partition coefficient (Wildman–Crippen LogP) is 1.48. The first-order valence-corrected chi connectivity index (χ1v) is 4.17. The highest BCUT2D eigenvalue weighted by atomic mass is 19.3. The molecular weight excluding hydrogens is 174 g/mol. The number of halogens is 2. The summed E-state index contributed by atoms with van der Waals surface area (Å²) in [6.45, 7) is 0.330. The monoisotopic (exact) mass is 186 g/mol. The van der Waals surface area contributed by atoms with Crippen LogP contribution in [0.15, 0.2) is 24.5 Å². The predicted molar refractivity (Wildman–Crippen MR) is 46.8 cm³/mol. The zero-order valence-corrected chi connectivity index (χ0v) is 7.21. The highest BCUT2D eigenvalue weighted by molar-refractivity contribution is 5.08. The Balaban J connectivity index is 2.13. The summed E-state index contributed by atoms with van der Waals surface area (Å²) in [7, 11) is 0. The normalized spacial score (nSPS) is 10.7. The second kappa shape index (κ2) is 5.59. The molecule has 0 aliphatic carbocycles. The molecule has 0 aliphatic rings. The number of hydrogen-bond acceptors (Lipinski definition) is 2. The molecule has 1 rings (SSSR count). The molecule has 0 fully saturated rings. The Morgan fingerprint density at radius 1 is 1.46 bits per heavy atom. The molecule has 0 aliphatic heterocycles. The van der Waals surface area contributed by atoms with Crippen molar-refractivity contribution >= 4 is 0 Å². The van der Waals surface area contributed by atoms with E-state index in [0.29, 0.717) is 6.54 Å². The highest BCUT2D eigenvalue weighted by Crippen LogP contribution is 1.95. The first-order valence-electron chi connectivity index (χ1n) is 4.17. The summed E-state index contributed by atoms with van der Waals surface area (Å²) in [5.41, 5.74) is 1.06. The van der Waals surface area contributed by atoms with E-state index in [0.717, 1.165) is 12.0 Å². The lowest BCUT2D eigenvalue weighted by Crippen LogP contribution is -2.23. The third kappa shape index (κ3) is 4.52. The molecule has 13 heavy (non-hydrogen) atoms. The minimum absolute atomic E-state index is 0.236. The molecule has 0 spiro atoms. The van der Waals surface area contributed by atoms with Crippen LogP contribution < -0.4 is 5.32 Å². The van der Waals surface area contributed by atoms with Gasteiger partial charge in [-0.25, -0.2) is 8.78 Å². The summed E-state index contributed by atoms with van der Waals surface area (Å²) in [5, 5.41) is 2.66. The molecule has 0 bridgehead atoms. The van der Waals surface area contributed by atoms with Gasteiger partial charge in [-0.1, -0.05) is 6.07 Å². The Morgan fingerprint density at radius 2 is 2.31 bits per heavy atom. The van der Waals surface area contributed by atoms with Crippen molar-refractivity contribution in [2.75, 3.05) is 13.1 Å². The Morgan fingerprint density at radius 3 is 2.92 bits per heavy atom. The number of nitrogens with zero attached hydrogens (tertiary/aromatic N) is 1. The Labute approximate surface area is 76.0 Å². The fourth-order valence-corrected chi connectivity index (χ4v) is 0.990. The van der Waals surface area contributed by atoms with Gasteiger partial charge in [0.05, 0.1) is 6.54 Å². The average Bonchev–Trinajstić information content (AvgIpc) is 2.14. The second-order valence-electron chi connectivity index (χ2n) is 2.71. The summed E-state index contributed by atoms with van der Waals surface area (Å²) in [4.78, 5) is 3.92. The van der Waals surface area contributed by atoms with Crippen LogP contribution in [0.25, 0.3) is 0 Å². The van der Waals surface area contributed by atoms with Crippen LogP contribution in [0.1, 0.15) is 5.56 Å². The lowest BCUT2D eigenvalue weighted by Gasteiger charge is -2.02. The molecule has 1 heterocycles. The van der Waals surface area contributed by atoms with E-state index in [2.05, 4.69) is 10.3 Å². The average molecular weight is 186 g/mol. The summed E-state index contributed by atoms with van der Waals surface area (Å²) >= 11 is 0. The molecule has 0 unspecified atom stereocenters. The van der Waals surface area contributed by atoms with Gasteiger partial charge in [-0.3, -0.25) is 4.98 Å². The Hall–Kier alpha value is -1.03. The molecule has 1 N–H and O–H groups in total. The number of rotatable bonds is 5. The Bertz CT molecular complexity index is 226. The molecule has 0 amide bonds. The van der Waals surface area contributed by atoms with Gasteiger partial charge in [-0.15, -0.1) is 0 Å². The van der Waals surface area contributed by atoms with E-state index in [4.69, 9.17) is 0 Å². The molecule has 1 aromatic heterocycles. The van der Waals surface area contributed by atoms with Crippen molar-refractivity contribution in [1.82, 2.24) is 10.3 Å². The van der Waals surface area contributed by atoms with Crippen molar-refractivity contribution < 1.29 is 8.78 Å². The summed E-state index contributed by atoms with van der Waals surface area (Å²) in [6, 6.07) is 3.76. The van der Waals surface area contributed by atoms with Gasteiger partial charge >= 0.3 is 0 Å². The van der Waals surface area contributed by atoms with Gasteiger partial charge in [0, 0.05) is 12.4 Å². The van der Waals surface area contributed by atoms with Gasteiger partial charge in [0.15, 0.2) is 0 Å². The van der Waals surface area contributed by atoms with Crippen molar-refractivity contribution in [3.05, 3.63) is 30.1 Å². The SMILES string of the molecule is FC(F)CNCCc1cccnc1. The summed E-state index contributed by atoms with van der Waals surface area (Å²) in [5.74, 6) is 0. The fraction of sp³-hybridized carbons (Fsp3) is 0.444. The van der Waals surface area contributed by atoms with E-state index in [1.807, 2.05) is 12.1 Å². The van der Waals surface area contributed by atoms with Gasteiger partial charge in [0.25, 0.3) is 6.43 Å². The minimum Gasteiger partial charge on any atom is -0.311 e. The molecule has 0 atom stereocenters. The van der Waals surface area contributed by atoms with Crippen molar-refractivity contribution in [3.63, 3.8) is 0 Å². The number of pyridine rings is 1. The molecule has 0 aromatic carbocycles. The maximum Gasteiger partial charge on any atom is 0.250 e. The maximum atomic E-state index is 11.7. The van der Waals surface area contributed by atoms with E-state index in [-0.39, 0.29) is 6.54 Å². The molecule has 72 valence electrons. The second-order valence-corrected chi connectivity index (χ2v) is 2.71. The Kier molecular flexibility index (Phi) is 4.32. The third-order valence-corrected chi connectivity index (χ3v) is 1.61. The van der Waals surface area contributed by atoms with E-state index in [9.17, 15) is 8.78 Å². The van der Waals surface area contributed by atoms with Crippen molar-refractivity contribution in [2.45, 2.75) is 12.8 Å². The number of nitrogens with one attached hydrogen (secondary N) is 1. The minimum atomic E-state index is -2.27. The number of alkyl halides is 2. The van der Waals surface area contributed by atoms with Crippen LogP contribution in [-0.4, -0.2) is 24.5 Å². The van der Waals surface area contributed by atoms with Crippen molar-refractivity contribution in [2.24, 2.45) is 0 Å². The zero-order valence-electron chi connectivity index (χ0n) is 7.21.